The summed E-state index contributed by atoms with van der Waals surface area (Å²) in [7, 11) is 0. The van der Waals surface area contributed by atoms with Crippen LogP contribution in [-0.2, 0) is 6.61 Å². The largest absolute Gasteiger partial charge is 0.487 e. The third kappa shape index (κ3) is 5.59. The predicted molar refractivity (Wildman–Crippen MR) is 76.0 cm³/mol. The van der Waals surface area contributed by atoms with Crippen molar-refractivity contribution in [3.05, 3.63) is 46.7 Å². The second-order valence-electron chi connectivity index (χ2n) is 4.14. The molecule has 9 heteroatoms. The molecule has 0 atom stereocenters. The minimum absolute atomic E-state index is 0.0118. The van der Waals surface area contributed by atoms with Crippen LogP contribution >= 0.6 is 15.9 Å². The first-order chi connectivity index (χ1) is 10.9. The monoisotopic (exact) mass is 395 g/mol. The fraction of sp³-hybridized carbons (Fsp3) is 0.214. The van der Waals surface area contributed by atoms with Crippen LogP contribution in [0.3, 0.4) is 0 Å². The number of nitrogens with zero attached hydrogens (tertiary/aromatic N) is 1. The Morgan fingerprint density at radius 3 is 2.26 bits per heavy atom. The molecule has 1 aromatic carbocycles. The Morgan fingerprint density at radius 1 is 0.957 bits per heavy atom. The average molecular weight is 396 g/mol. The maximum absolute atomic E-state index is 12.3. The SMILES string of the molecule is FC(F)Oc1ccc(COc2ccc(Br)nc2)cc1OC(F)F. The average Bonchev–Trinajstić information content (AvgIpc) is 2.48. The Bertz CT molecular complexity index is 640. The normalized spacial score (nSPS) is 10.9. The van der Waals surface area contributed by atoms with Crippen molar-refractivity contribution in [2.24, 2.45) is 0 Å². The Hall–Kier alpha value is -2.03. The number of rotatable bonds is 7. The van der Waals surface area contributed by atoms with Gasteiger partial charge >= 0.3 is 13.2 Å². The molecule has 0 saturated carbocycles. The van der Waals surface area contributed by atoms with Crippen LogP contribution in [0.15, 0.2) is 41.1 Å². The Balaban J connectivity index is 2.10. The van der Waals surface area contributed by atoms with Gasteiger partial charge in [0.1, 0.15) is 17.0 Å². The summed E-state index contributed by atoms with van der Waals surface area (Å²) in [5.41, 5.74) is 0.435. The van der Waals surface area contributed by atoms with Crippen LogP contribution < -0.4 is 14.2 Å². The number of hydrogen-bond donors (Lipinski definition) is 0. The van der Waals surface area contributed by atoms with Crippen LogP contribution in [0.25, 0.3) is 0 Å². The number of ether oxygens (including phenoxy) is 3. The standard InChI is InChI=1S/C14H10BrF4NO3/c15-12-4-2-9(6-20-12)21-7-8-1-3-10(22-13(16)17)11(5-8)23-14(18)19/h1-6,13-14H,7H2. The van der Waals surface area contributed by atoms with Gasteiger partial charge in [-0.25, -0.2) is 4.98 Å². The van der Waals surface area contributed by atoms with Gasteiger partial charge in [-0.2, -0.15) is 17.6 Å². The Kier molecular flexibility index (Phi) is 6.03. The molecule has 124 valence electrons. The maximum atomic E-state index is 12.3. The summed E-state index contributed by atoms with van der Waals surface area (Å²) in [5, 5.41) is 0. The highest BCUT2D eigenvalue weighted by atomic mass is 79.9. The van der Waals surface area contributed by atoms with Gasteiger partial charge in [0.2, 0.25) is 0 Å². The summed E-state index contributed by atoms with van der Waals surface area (Å²) in [6, 6.07) is 6.99. The van der Waals surface area contributed by atoms with Crippen LogP contribution in [0.4, 0.5) is 17.6 Å². The van der Waals surface area contributed by atoms with Gasteiger partial charge in [-0.1, -0.05) is 6.07 Å². The second-order valence-corrected chi connectivity index (χ2v) is 4.96. The van der Waals surface area contributed by atoms with E-state index in [1.807, 2.05) is 0 Å². The number of aromatic nitrogens is 1. The van der Waals surface area contributed by atoms with Crippen molar-refractivity contribution in [3.63, 3.8) is 0 Å². The lowest BCUT2D eigenvalue weighted by atomic mass is 10.2. The van der Waals surface area contributed by atoms with E-state index in [-0.39, 0.29) is 6.61 Å². The van der Waals surface area contributed by atoms with Crippen LogP contribution in [-0.4, -0.2) is 18.2 Å². The van der Waals surface area contributed by atoms with Crippen molar-refractivity contribution >= 4 is 15.9 Å². The first kappa shape index (κ1) is 17.3. The van der Waals surface area contributed by atoms with Crippen LogP contribution in [0.2, 0.25) is 0 Å². The molecule has 0 aliphatic rings. The molecule has 0 aliphatic carbocycles. The van der Waals surface area contributed by atoms with E-state index in [2.05, 4.69) is 30.4 Å². The summed E-state index contributed by atoms with van der Waals surface area (Å²) >= 11 is 3.17. The molecule has 0 saturated heterocycles. The lowest BCUT2D eigenvalue weighted by Gasteiger charge is -2.13. The molecule has 0 fully saturated rings. The zero-order valence-corrected chi connectivity index (χ0v) is 13.0. The van der Waals surface area contributed by atoms with Crippen molar-refractivity contribution in [2.75, 3.05) is 0 Å². The fourth-order valence-corrected chi connectivity index (χ4v) is 1.87. The molecular formula is C14H10BrF4NO3. The van der Waals surface area contributed by atoms with E-state index in [0.29, 0.717) is 15.9 Å². The molecule has 2 rings (SSSR count). The van der Waals surface area contributed by atoms with Gasteiger partial charge in [0.15, 0.2) is 11.5 Å². The predicted octanol–water partition coefficient (Wildman–Crippen LogP) is 4.63. The molecule has 0 aliphatic heterocycles. The summed E-state index contributed by atoms with van der Waals surface area (Å²) in [6.07, 6.45) is 1.47. The summed E-state index contributed by atoms with van der Waals surface area (Å²) in [5.74, 6) is -0.512. The topological polar surface area (TPSA) is 40.6 Å². The minimum atomic E-state index is -3.16. The van der Waals surface area contributed by atoms with E-state index in [0.717, 1.165) is 12.1 Å². The van der Waals surface area contributed by atoms with Gasteiger partial charge in [-0.15, -0.1) is 0 Å². The zero-order valence-electron chi connectivity index (χ0n) is 11.4. The minimum Gasteiger partial charge on any atom is -0.487 e. The summed E-state index contributed by atoms with van der Waals surface area (Å²) in [4.78, 5) is 3.96. The highest BCUT2D eigenvalue weighted by Gasteiger charge is 2.15. The third-order valence-electron chi connectivity index (χ3n) is 2.55. The van der Waals surface area contributed by atoms with E-state index < -0.39 is 24.7 Å². The Labute approximate surface area is 137 Å². The molecule has 0 amide bonds. The van der Waals surface area contributed by atoms with Gasteiger partial charge in [0.25, 0.3) is 0 Å². The van der Waals surface area contributed by atoms with E-state index in [9.17, 15) is 17.6 Å². The van der Waals surface area contributed by atoms with E-state index in [1.54, 1.807) is 12.1 Å². The summed E-state index contributed by atoms with van der Waals surface area (Å²) in [6.45, 7) is -6.30. The second kappa shape index (κ2) is 8.00. The highest BCUT2D eigenvalue weighted by Crippen LogP contribution is 2.31. The lowest BCUT2D eigenvalue weighted by Crippen LogP contribution is -2.08. The molecule has 0 N–H and O–H groups in total. The Morgan fingerprint density at radius 2 is 1.65 bits per heavy atom. The molecular weight excluding hydrogens is 386 g/mol. The number of pyridine rings is 1. The molecule has 0 unspecified atom stereocenters. The van der Waals surface area contributed by atoms with Crippen molar-refractivity contribution in [3.8, 4) is 17.2 Å². The zero-order chi connectivity index (χ0) is 16.8. The quantitative estimate of drug-likeness (QED) is 0.506. The third-order valence-corrected chi connectivity index (χ3v) is 3.02. The molecule has 0 radical (unpaired) electrons. The van der Waals surface area contributed by atoms with Crippen LogP contribution in [0, 0.1) is 0 Å². The van der Waals surface area contributed by atoms with Crippen molar-refractivity contribution in [1.82, 2.24) is 4.98 Å². The lowest BCUT2D eigenvalue weighted by molar-refractivity contribution is -0.0693. The molecule has 4 nitrogen and oxygen atoms in total. The van der Waals surface area contributed by atoms with Crippen LogP contribution in [0.5, 0.6) is 17.2 Å². The number of alkyl halides is 4. The first-order valence-corrected chi connectivity index (χ1v) is 7.00. The van der Waals surface area contributed by atoms with Gasteiger partial charge in [0, 0.05) is 0 Å². The molecule has 2 aromatic rings. The van der Waals surface area contributed by atoms with Gasteiger partial charge in [0.05, 0.1) is 6.20 Å². The molecule has 0 spiro atoms. The molecule has 23 heavy (non-hydrogen) atoms. The van der Waals surface area contributed by atoms with E-state index in [4.69, 9.17) is 4.74 Å². The van der Waals surface area contributed by atoms with E-state index >= 15 is 0 Å². The van der Waals surface area contributed by atoms with Crippen molar-refractivity contribution in [1.29, 1.82) is 0 Å². The van der Waals surface area contributed by atoms with Crippen LogP contribution in [0.1, 0.15) is 5.56 Å². The molecule has 1 heterocycles. The van der Waals surface area contributed by atoms with Crippen molar-refractivity contribution in [2.45, 2.75) is 19.8 Å². The smallest absolute Gasteiger partial charge is 0.387 e. The number of halogens is 5. The highest BCUT2D eigenvalue weighted by molar-refractivity contribution is 9.10. The number of benzene rings is 1. The first-order valence-electron chi connectivity index (χ1n) is 6.21. The van der Waals surface area contributed by atoms with Gasteiger partial charge < -0.3 is 14.2 Å². The molecule has 1 aromatic heterocycles. The van der Waals surface area contributed by atoms with Gasteiger partial charge in [-0.05, 0) is 45.8 Å². The maximum Gasteiger partial charge on any atom is 0.387 e. The van der Waals surface area contributed by atoms with E-state index in [1.165, 1.54) is 12.3 Å². The van der Waals surface area contributed by atoms with Gasteiger partial charge in [-0.3, -0.25) is 0 Å². The molecule has 0 bridgehead atoms. The fourth-order valence-electron chi connectivity index (χ4n) is 1.64. The summed E-state index contributed by atoms with van der Waals surface area (Å²) < 4.78 is 63.5. The van der Waals surface area contributed by atoms with Crippen molar-refractivity contribution < 1.29 is 31.8 Å². The number of hydrogen-bond acceptors (Lipinski definition) is 4.